The molecule has 0 aliphatic carbocycles. The molecule has 0 radical (unpaired) electrons. The summed E-state index contributed by atoms with van der Waals surface area (Å²) in [7, 11) is 0. The van der Waals surface area contributed by atoms with Gasteiger partial charge in [0.05, 0.1) is 17.2 Å². The fourth-order valence-electron chi connectivity index (χ4n) is 3.05. The number of hydrogen-bond acceptors (Lipinski definition) is 5. The molecule has 176 valence electrons. The normalized spacial score (nSPS) is 10.8. The van der Waals surface area contributed by atoms with E-state index in [1.54, 1.807) is 19.1 Å². The third-order valence-electron chi connectivity index (χ3n) is 5.04. The van der Waals surface area contributed by atoms with Crippen LogP contribution in [0.5, 0.6) is 5.75 Å². The first-order valence-electron chi connectivity index (χ1n) is 11.0. The first-order chi connectivity index (χ1) is 16.4. The van der Waals surface area contributed by atoms with E-state index >= 15 is 0 Å². The summed E-state index contributed by atoms with van der Waals surface area (Å²) >= 11 is 0. The van der Waals surface area contributed by atoms with Gasteiger partial charge in [-0.05, 0) is 43.1 Å². The molecule has 1 atom stereocenters. The first kappa shape index (κ1) is 26.1. The van der Waals surface area contributed by atoms with Crippen LogP contribution in [0.15, 0.2) is 78.9 Å². The largest absolute Gasteiger partial charge is 0.504 e. The highest BCUT2D eigenvalue weighted by molar-refractivity contribution is 5.92. The lowest BCUT2D eigenvalue weighted by Gasteiger charge is -2.10. The molecule has 0 aromatic heterocycles. The minimum Gasteiger partial charge on any atom is -0.504 e. The molecule has 3 rings (SSSR count). The highest BCUT2D eigenvalue weighted by Gasteiger charge is 2.13. The number of aliphatic carboxylic acids is 1. The van der Waals surface area contributed by atoms with Crippen molar-refractivity contribution in [1.82, 2.24) is 5.32 Å². The number of anilines is 1. The number of rotatable bonds is 9. The van der Waals surface area contributed by atoms with Crippen molar-refractivity contribution in [2.45, 2.75) is 25.7 Å². The number of benzene rings is 3. The molecular formula is C27H29N3O4. The van der Waals surface area contributed by atoms with E-state index in [9.17, 15) is 14.7 Å². The Morgan fingerprint density at radius 1 is 0.971 bits per heavy atom. The van der Waals surface area contributed by atoms with Crippen molar-refractivity contribution in [3.8, 4) is 11.8 Å². The number of nitrogens with one attached hydrogen (secondary N) is 2. The number of para-hydroxylation sites is 1. The van der Waals surface area contributed by atoms with Gasteiger partial charge >= 0.3 is 5.97 Å². The van der Waals surface area contributed by atoms with E-state index < -0.39 is 11.9 Å². The van der Waals surface area contributed by atoms with Crippen LogP contribution >= 0.6 is 0 Å². The van der Waals surface area contributed by atoms with Gasteiger partial charge in [-0.1, -0.05) is 66.7 Å². The summed E-state index contributed by atoms with van der Waals surface area (Å²) in [4.78, 5) is 23.1. The molecule has 0 fully saturated rings. The lowest BCUT2D eigenvalue weighted by atomic mass is 9.98. The van der Waals surface area contributed by atoms with Crippen molar-refractivity contribution in [1.29, 1.82) is 5.26 Å². The van der Waals surface area contributed by atoms with E-state index in [4.69, 9.17) is 10.4 Å². The zero-order valence-electron chi connectivity index (χ0n) is 19.1. The summed E-state index contributed by atoms with van der Waals surface area (Å²) in [6, 6.07) is 25.9. The molecule has 0 spiro atoms. The Kier molecular flexibility index (Phi) is 10.8. The molecule has 0 saturated heterocycles. The summed E-state index contributed by atoms with van der Waals surface area (Å²) in [5, 5.41) is 33.6. The Labute approximate surface area is 199 Å². The van der Waals surface area contributed by atoms with Crippen LogP contribution in [0.4, 0.5) is 5.69 Å². The van der Waals surface area contributed by atoms with Crippen LogP contribution in [0.3, 0.4) is 0 Å². The van der Waals surface area contributed by atoms with Crippen LogP contribution in [0.2, 0.25) is 0 Å². The molecule has 7 nitrogen and oxygen atoms in total. The predicted molar refractivity (Wildman–Crippen MR) is 132 cm³/mol. The second-order valence-electron chi connectivity index (χ2n) is 7.57. The van der Waals surface area contributed by atoms with Gasteiger partial charge in [-0.3, -0.25) is 9.59 Å². The highest BCUT2D eigenvalue weighted by Crippen LogP contribution is 2.26. The number of nitrogens with zero attached hydrogens (tertiary/aromatic N) is 1. The number of phenolic OH excluding ortho intramolecular Hbond substituents is 1. The molecule has 1 unspecified atom stereocenters. The molecule has 0 saturated carbocycles. The van der Waals surface area contributed by atoms with Crippen molar-refractivity contribution in [3.05, 3.63) is 95.6 Å². The van der Waals surface area contributed by atoms with Crippen LogP contribution in [-0.2, 0) is 16.0 Å². The molecule has 7 heteroatoms. The lowest BCUT2D eigenvalue weighted by Crippen LogP contribution is -2.23. The summed E-state index contributed by atoms with van der Waals surface area (Å²) in [6.45, 7) is 2.76. The smallest absolute Gasteiger partial charge is 0.310 e. The van der Waals surface area contributed by atoms with Crippen molar-refractivity contribution in [3.63, 3.8) is 0 Å². The van der Waals surface area contributed by atoms with E-state index in [2.05, 4.69) is 10.6 Å². The van der Waals surface area contributed by atoms with E-state index in [1.165, 1.54) is 12.1 Å². The molecule has 0 heterocycles. The first-order valence-corrected chi connectivity index (χ1v) is 11.0. The third-order valence-corrected chi connectivity index (χ3v) is 5.04. The molecule has 3 aromatic rings. The second kappa shape index (κ2) is 14.1. The summed E-state index contributed by atoms with van der Waals surface area (Å²) in [5.41, 5.74) is 2.12. The number of phenols is 1. The number of carbonyl (C=O) groups excluding carboxylic acids is 1. The van der Waals surface area contributed by atoms with Gasteiger partial charge in [-0.15, -0.1) is 0 Å². The Morgan fingerprint density at radius 2 is 1.62 bits per heavy atom. The van der Waals surface area contributed by atoms with Gasteiger partial charge < -0.3 is 20.8 Å². The minimum absolute atomic E-state index is 0.107. The van der Waals surface area contributed by atoms with Gasteiger partial charge in [0.2, 0.25) is 5.91 Å². The van der Waals surface area contributed by atoms with Crippen molar-refractivity contribution in [2.24, 2.45) is 0 Å². The fourth-order valence-corrected chi connectivity index (χ4v) is 3.05. The van der Waals surface area contributed by atoms with Gasteiger partial charge in [0.25, 0.3) is 0 Å². The van der Waals surface area contributed by atoms with Crippen LogP contribution in [0.25, 0.3) is 0 Å². The number of nitriles is 1. The maximum absolute atomic E-state index is 12.0. The van der Waals surface area contributed by atoms with Crippen molar-refractivity contribution >= 4 is 17.6 Å². The van der Waals surface area contributed by atoms with Crippen molar-refractivity contribution in [2.75, 3.05) is 18.4 Å². The van der Waals surface area contributed by atoms with Gasteiger partial charge in [0.15, 0.2) is 5.75 Å². The molecule has 3 aromatic carbocycles. The molecule has 0 aliphatic rings. The predicted octanol–water partition coefficient (Wildman–Crippen LogP) is 4.30. The standard InChI is InChI=1S/C21H23N3O4.C6H6/c1-14(21(27)28)16-5-2-4-15(12-16)8-10-23-11-9-19(25)24-18-7-3-6-17(13-22)20(18)26;1-2-4-6-5-3-1/h2-7,12,14,23,26H,8-11H2,1H3,(H,24,25)(H,27,28);1-6H. The number of carboxylic acid groups (broad SMARTS) is 1. The monoisotopic (exact) mass is 459 g/mol. The van der Waals surface area contributed by atoms with E-state index in [-0.39, 0.29) is 29.3 Å². The molecule has 1 amide bonds. The van der Waals surface area contributed by atoms with Gasteiger partial charge in [-0.2, -0.15) is 5.26 Å². The molecular weight excluding hydrogens is 430 g/mol. The number of aromatic hydroxyl groups is 1. The van der Waals surface area contributed by atoms with Crippen LogP contribution in [0, 0.1) is 11.3 Å². The minimum atomic E-state index is -0.854. The average molecular weight is 460 g/mol. The maximum atomic E-state index is 12.0. The topological polar surface area (TPSA) is 122 Å². The second-order valence-corrected chi connectivity index (χ2v) is 7.57. The quantitative estimate of drug-likeness (QED) is 0.280. The SMILES string of the molecule is CC(C(=O)O)c1cccc(CCNCCC(=O)Nc2cccc(C#N)c2O)c1.c1ccccc1. The number of amides is 1. The highest BCUT2D eigenvalue weighted by atomic mass is 16.4. The Balaban J connectivity index is 0.000000589. The number of hydrogen-bond donors (Lipinski definition) is 4. The Bertz CT molecular complexity index is 1080. The molecule has 0 bridgehead atoms. The van der Waals surface area contributed by atoms with E-state index in [0.29, 0.717) is 19.5 Å². The van der Waals surface area contributed by atoms with Gasteiger partial charge in [0.1, 0.15) is 6.07 Å². The molecule has 4 N–H and O–H groups in total. The van der Waals surface area contributed by atoms with Crippen LogP contribution in [-0.4, -0.2) is 35.2 Å². The number of carboxylic acids is 1. The fraction of sp³-hybridized carbons (Fsp3) is 0.222. The molecule has 0 aliphatic heterocycles. The van der Waals surface area contributed by atoms with E-state index in [0.717, 1.165) is 11.1 Å². The summed E-state index contributed by atoms with van der Waals surface area (Å²) in [6.07, 6.45) is 0.930. The van der Waals surface area contributed by atoms with E-state index in [1.807, 2.05) is 60.7 Å². The average Bonchev–Trinajstić information content (AvgIpc) is 2.86. The van der Waals surface area contributed by atoms with Crippen molar-refractivity contribution < 1.29 is 19.8 Å². The Morgan fingerprint density at radius 3 is 2.24 bits per heavy atom. The summed E-state index contributed by atoms with van der Waals surface area (Å²) < 4.78 is 0. The molecule has 34 heavy (non-hydrogen) atoms. The van der Waals surface area contributed by atoms with Crippen LogP contribution < -0.4 is 10.6 Å². The van der Waals surface area contributed by atoms with Gasteiger partial charge in [-0.25, -0.2) is 0 Å². The number of carbonyl (C=O) groups is 2. The zero-order valence-corrected chi connectivity index (χ0v) is 19.1. The summed E-state index contributed by atoms with van der Waals surface area (Å²) in [5.74, 6) is -1.91. The Hall–Kier alpha value is -4.15. The van der Waals surface area contributed by atoms with Gasteiger partial charge in [0, 0.05) is 13.0 Å². The zero-order chi connectivity index (χ0) is 24.8. The third kappa shape index (κ3) is 8.77. The lowest BCUT2D eigenvalue weighted by molar-refractivity contribution is -0.138. The maximum Gasteiger partial charge on any atom is 0.310 e. The van der Waals surface area contributed by atoms with Crippen LogP contribution in [0.1, 0.15) is 36.0 Å².